The number of para-hydroxylation sites is 1. The number of nitrogens with zero attached hydrogens (tertiary/aromatic N) is 4. The summed E-state index contributed by atoms with van der Waals surface area (Å²) in [6.07, 6.45) is 6.85. The number of methoxy groups -OCH3 is 2. The standard InChI is InChI=1S/C51H50N4O9/c1-52-38-18-21-47-20-11-25-53-26-24-49(38,51(47,53)64-40(57)29-47)35-28-36(43(60-2)44(61-3)42(35)52)48-23-27-54(46(59)63-31-33-14-8-5-9-15-33)50(45(48)58)22-19-39(56)55(50)41-34(48)16-10-17-37(41)62-30-32-12-6-4-7-13-32/h4-10,12-18,21,28,38H,11,19-20,22-27,29-31H2,1-3H3/t38-,47-,48-,49-,50+,51+/m1/s1. The molecule has 0 radical (unpaired) electrons. The molecule has 3 spiro atoms. The molecule has 5 saturated heterocycles. The molecule has 13 heteroatoms. The summed E-state index contributed by atoms with van der Waals surface area (Å²) in [7, 11) is 5.28. The Morgan fingerprint density at radius 3 is 2.28 bits per heavy atom. The summed E-state index contributed by atoms with van der Waals surface area (Å²) < 4.78 is 32.4. The van der Waals surface area contributed by atoms with Gasteiger partial charge in [0.25, 0.3) is 0 Å². The zero-order valence-corrected chi connectivity index (χ0v) is 36.3. The van der Waals surface area contributed by atoms with E-state index in [1.54, 1.807) is 14.2 Å². The molecule has 0 unspecified atom stereocenters. The molecule has 4 aromatic carbocycles. The van der Waals surface area contributed by atoms with Gasteiger partial charge in [0.15, 0.2) is 28.7 Å². The average Bonchev–Trinajstić information content (AvgIpc) is 4.01. The molecule has 2 bridgehead atoms. The van der Waals surface area contributed by atoms with E-state index in [0.29, 0.717) is 46.9 Å². The summed E-state index contributed by atoms with van der Waals surface area (Å²) in [5.74, 6) is 0.457. The normalized spacial score (nSPS) is 31.4. The number of piperidine rings is 2. The van der Waals surface area contributed by atoms with Gasteiger partial charge in [-0.05, 0) is 60.1 Å². The number of Topliss-reactive ketones (excluding diaryl/α,β-unsaturated/α-hetero) is 1. The van der Waals surface area contributed by atoms with Crippen LogP contribution in [0.4, 0.5) is 16.2 Å². The molecule has 64 heavy (non-hydrogen) atoms. The highest BCUT2D eigenvalue weighted by Crippen LogP contribution is 2.74. The van der Waals surface area contributed by atoms with Crippen LogP contribution in [0.3, 0.4) is 0 Å². The Balaban J connectivity index is 1.10. The van der Waals surface area contributed by atoms with E-state index in [1.165, 1.54) is 9.80 Å². The lowest BCUT2D eigenvalue weighted by atomic mass is 9.52. The lowest BCUT2D eigenvalue weighted by Gasteiger charge is -2.59. The van der Waals surface area contributed by atoms with Gasteiger partial charge in [-0.2, -0.15) is 0 Å². The van der Waals surface area contributed by atoms with Gasteiger partial charge >= 0.3 is 12.1 Å². The van der Waals surface area contributed by atoms with E-state index >= 15 is 4.79 Å². The molecule has 328 valence electrons. The number of carbonyl (C=O) groups is 4. The van der Waals surface area contributed by atoms with Crippen molar-refractivity contribution < 1.29 is 42.9 Å². The lowest BCUT2D eigenvalue weighted by Crippen LogP contribution is -2.75. The summed E-state index contributed by atoms with van der Waals surface area (Å²) in [6.45, 7) is 1.83. The topological polar surface area (TPSA) is 127 Å². The van der Waals surface area contributed by atoms with Crippen molar-refractivity contribution in [2.24, 2.45) is 5.41 Å². The number of esters is 1. The molecule has 0 N–H and O–H groups in total. The quantitative estimate of drug-likeness (QED) is 0.138. The number of hydrogen-bond acceptors (Lipinski definition) is 11. The van der Waals surface area contributed by atoms with Crippen molar-refractivity contribution in [2.45, 2.75) is 86.4 Å². The Kier molecular flexibility index (Phi) is 8.34. The van der Waals surface area contributed by atoms with E-state index in [9.17, 15) is 14.4 Å². The number of ketones is 1. The van der Waals surface area contributed by atoms with Crippen LogP contribution in [-0.4, -0.2) is 91.9 Å². The molecule has 8 aliphatic rings. The lowest BCUT2D eigenvalue weighted by molar-refractivity contribution is -0.207. The van der Waals surface area contributed by atoms with Crippen LogP contribution in [0.15, 0.2) is 97.1 Å². The first-order valence-electron chi connectivity index (χ1n) is 22.5. The molecular weight excluding hydrogens is 813 g/mol. The smallest absolute Gasteiger partial charge is 0.412 e. The number of amides is 2. The zero-order valence-electron chi connectivity index (χ0n) is 36.3. The van der Waals surface area contributed by atoms with E-state index < -0.39 is 33.7 Å². The van der Waals surface area contributed by atoms with Crippen LogP contribution in [0.2, 0.25) is 0 Å². The van der Waals surface area contributed by atoms with Crippen molar-refractivity contribution in [3.63, 3.8) is 0 Å². The van der Waals surface area contributed by atoms with Crippen molar-refractivity contribution in [1.82, 2.24) is 9.80 Å². The van der Waals surface area contributed by atoms with Gasteiger partial charge in [-0.3, -0.25) is 29.1 Å². The molecule has 13 nitrogen and oxygen atoms in total. The number of carbonyl (C=O) groups excluding carboxylic acids is 4. The molecule has 0 saturated carbocycles. The minimum atomic E-state index is -1.76. The average molecular weight is 863 g/mol. The van der Waals surface area contributed by atoms with E-state index in [4.69, 9.17) is 23.7 Å². The Labute approximate surface area is 371 Å². The Morgan fingerprint density at radius 2 is 1.53 bits per heavy atom. The largest absolute Gasteiger partial charge is 0.492 e. The molecule has 6 atom stereocenters. The molecule has 0 aromatic heterocycles. The van der Waals surface area contributed by atoms with Gasteiger partial charge in [0.2, 0.25) is 5.91 Å². The highest BCUT2D eigenvalue weighted by atomic mass is 16.6. The maximum Gasteiger partial charge on any atom is 0.412 e. The number of anilines is 2. The third-order valence-corrected chi connectivity index (χ3v) is 16.3. The van der Waals surface area contributed by atoms with Gasteiger partial charge in [0.05, 0.1) is 54.3 Å². The van der Waals surface area contributed by atoms with Crippen molar-refractivity contribution >= 4 is 35.1 Å². The first-order valence-corrected chi connectivity index (χ1v) is 22.5. The van der Waals surface area contributed by atoms with E-state index in [0.717, 1.165) is 48.3 Å². The number of rotatable bonds is 8. The maximum atomic E-state index is 16.6. The molecule has 4 aromatic rings. The summed E-state index contributed by atoms with van der Waals surface area (Å²) >= 11 is 0. The van der Waals surface area contributed by atoms with Gasteiger partial charge in [-0.25, -0.2) is 4.79 Å². The highest BCUT2D eigenvalue weighted by molar-refractivity contribution is 6.18. The molecule has 5 fully saturated rings. The molecule has 1 aliphatic carbocycles. The fourth-order valence-electron chi connectivity index (χ4n) is 14.0. The Bertz CT molecular complexity index is 2710. The Morgan fingerprint density at radius 1 is 0.781 bits per heavy atom. The molecule has 7 aliphatic heterocycles. The summed E-state index contributed by atoms with van der Waals surface area (Å²) in [5.41, 5.74) is -0.341. The monoisotopic (exact) mass is 862 g/mol. The van der Waals surface area contributed by atoms with Crippen LogP contribution in [0, 0.1) is 5.41 Å². The third kappa shape index (κ3) is 4.57. The summed E-state index contributed by atoms with van der Waals surface area (Å²) in [5, 5.41) is 0. The van der Waals surface area contributed by atoms with Gasteiger partial charge < -0.3 is 28.6 Å². The van der Waals surface area contributed by atoms with E-state index in [1.807, 2.05) is 78.9 Å². The molecule has 12 rings (SSSR count). The number of likely N-dealkylation sites (N-methyl/N-ethyl adjacent to an activating group) is 1. The number of fused-ring (bicyclic) bond motifs is 5. The number of ether oxygens (including phenoxy) is 5. The fourth-order valence-corrected chi connectivity index (χ4v) is 14.0. The van der Waals surface area contributed by atoms with Crippen LogP contribution in [0.1, 0.15) is 72.8 Å². The zero-order chi connectivity index (χ0) is 43.8. The van der Waals surface area contributed by atoms with Crippen molar-refractivity contribution in [1.29, 1.82) is 0 Å². The number of benzene rings is 4. The third-order valence-electron chi connectivity index (χ3n) is 16.3. The second-order valence-electron chi connectivity index (χ2n) is 18.7. The minimum absolute atomic E-state index is 0.00650. The van der Waals surface area contributed by atoms with Gasteiger partial charge in [-0.1, -0.05) is 84.9 Å². The summed E-state index contributed by atoms with van der Waals surface area (Å²) in [4.78, 5) is 67.2. The van der Waals surface area contributed by atoms with Gasteiger partial charge in [-0.15, -0.1) is 0 Å². The van der Waals surface area contributed by atoms with Crippen molar-refractivity contribution in [2.75, 3.05) is 50.7 Å². The predicted octanol–water partition coefficient (Wildman–Crippen LogP) is 6.77. The highest BCUT2D eigenvalue weighted by Gasteiger charge is 2.81. The van der Waals surface area contributed by atoms with Crippen molar-refractivity contribution in [3.8, 4) is 17.2 Å². The maximum absolute atomic E-state index is 16.6. The number of likely N-dealkylation sites (tertiary alicyclic amines) is 1. The molecule has 2 amide bonds. The second-order valence-corrected chi connectivity index (χ2v) is 18.7. The number of hydrogen-bond donors (Lipinski definition) is 0. The fraction of sp³-hybridized carbons (Fsp3) is 0.412. The SMILES string of the molecule is COc1c([C@@]23CCN(C(=O)OCc4ccccc4)[C@]4(CCC(=O)N4c4c(OCc5ccccc5)cccc42)C3=O)cc2c(c1OC)N(C)[C@@H]1C=C[C@@]34CCCN5CC[C@@]21[C@]53OC(=O)C4. The van der Waals surface area contributed by atoms with Crippen molar-refractivity contribution in [3.05, 3.63) is 125 Å². The van der Waals surface area contributed by atoms with Crippen LogP contribution in [0.25, 0.3) is 0 Å². The van der Waals surface area contributed by atoms with E-state index in [-0.39, 0.29) is 62.7 Å². The van der Waals surface area contributed by atoms with E-state index in [2.05, 4.69) is 35.1 Å². The molecule has 7 heterocycles. The first kappa shape index (κ1) is 39.3. The van der Waals surface area contributed by atoms with Crippen LogP contribution in [0.5, 0.6) is 17.2 Å². The first-order chi connectivity index (χ1) is 31.1. The van der Waals surface area contributed by atoms with Gasteiger partial charge in [0.1, 0.15) is 19.0 Å². The second kappa shape index (κ2) is 13.6. The summed E-state index contributed by atoms with van der Waals surface area (Å²) in [6, 6.07) is 26.7. The van der Waals surface area contributed by atoms with Crippen LogP contribution < -0.4 is 24.0 Å². The Hall–Kier alpha value is -6.34. The van der Waals surface area contributed by atoms with Crippen LogP contribution >= 0.6 is 0 Å². The van der Waals surface area contributed by atoms with Gasteiger partial charge in [0, 0.05) is 45.1 Å². The minimum Gasteiger partial charge on any atom is -0.492 e. The predicted molar refractivity (Wildman–Crippen MR) is 234 cm³/mol. The molecular formula is C51H50N4O9. The van der Waals surface area contributed by atoms with Crippen LogP contribution in [-0.2, 0) is 47.9 Å².